The first-order valence-corrected chi connectivity index (χ1v) is 6.86. The molecule has 3 nitrogen and oxygen atoms in total. The number of benzene rings is 1. The van der Waals surface area contributed by atoms with E-state index in [0.29, 0.717) is 6.54 Å². The Kier molecular flexibility index (Phi) is 6.10. The first-order valence-electron chi connectivity index (χ1n) is 6.86. The lowest BCUT2D eigenvalue weighted by molar-refractivity contribution is 0.0928. The Labute approximate surface area is 129 Å². The molecule has 1 aliphatic rings. The lowest BCUT2D eigenvalue weighted by Crippen LogP contribution is -2.52. The largest absolute Gasteiger partial charge is 0.350 e. The lowest BCUT2D eigenvalue weighted by Gasteiger charge is -2.39. The number of hydrogen-bond donors (Lipinski definition) is 2. The Bertz CT molecular complexity index is 488. The molecule has 1 amide bonds. The molecule has 1 saturated heterocycles. The van der Waals surface area contributed by atoms with Gasteiger partial charge in [-0.15, -0.1) is 12.4 Å². The van der Waals surface area contributed by atoms with Crippen LogP contribution >= 0.6 is 12.4 Å². The summed E-state index contributed by atoms with van der Waals surface area (Å²) in [6.45, 7) is 5.68. The summed E-state index contributed by atoms with van der Waals surface area (Å²) in [6, 6.07) is 3.00. The van der Waals surface area contributed by atoms with Crippen molar-refractivity contribution in [1.82, 2.24) is 10.6 Å². The number of hydrogen-bond acceptors (Lipinski definition) is 2. The number of amides is 1. The summed E-state index contributed by atoms with van der Waals surface area (Å²) in [6.07, 6.45) is 2.21. The van der Waals surface area contributed by atoms with Gasteiger partial charge in [-0.2, -0.15) is 0 Å². The average Bonchev–Trinajstić information content (AvgIpc) is 2.35. The van der Waals surface area contributed by atoms with Gasteiger partial charge in [-0.25, -0.2) is 8.78 Å². The van der Waals surface area contributed by atoms with Gasteiger partial charge < -0.3 is 10.6 Å². The highest BCUT2D eigenvalue weighted by Crippen LogP contribution is 2.29. The van der Waals surface area contributed by atoms with Crippen LogP contribution in [0.5, 0.6) is 0 Å². The fourth-order valence-corrected chi connectivity index (χ4v) is 2.60. The van der Waals surface area contributed by atoms with E-state index >= 15 is 0 Å². The smallest absolute Gasteiger partial charge is 0.251 e. The van der Waals surface area contributed by atoms with Gasteiger partial charge in [0.2, 0.25) is 0 Å². The third-order valence-electron chi connectivity index (χ3n) is 3.92. The van der Waals surface area contributed by atoms with Gasteiger partial charge in [0.05, 0.1) is 0 Å². The van der Waals surface area contributed by atoms with Crippen molar-refractivity contribution in [3.05, 3.63) is 35.4 Å². The van der Waals surface area contributed by atoms with Crippen LogP contribution in [0.4, 0.5) is 8.78 Å². The van der Waals surface area contributed by atoms with E-state index in [1.807, 2.05) is 0 Å². The van der Waals surface area contributed by atoms with Crippen LogP contribution in [0.25, 0.3) is 0 Å². The molecule has 118 valence electrons. The van der Waals surface area contributed by atoms with Gasteiger partial charge in [0.25, 0.3) is 5.91 Å². The zero-order valence-corrected chi connectivity index (χ0v) is 13.0. The molecule has 2 N–H and O–H groups in total. The van der Waals surface area contributed by atoms with E-state index in [1.165, 1.54) is 0 Å². The standard InChI is InChI=1S/C15H20F2N2O.ClH/c1-15(2)4-3-5-18-13(15)9-19-14(20)10-6-11(16)8-12(17)7-10;/h6-8,13,18H,3-5,9H2,1-2H3,(H,19,20);1H. The van der Waals surface area contributed by atoms with Crippen LogP contribution in [0.15, 0.2) is 18.2 Å². The topological polar surface area (TPSA) is 41.1 Å². The SMILES string of the molecule is CC1(C)CCCNC1CNC(=O)c1cc(F)cc(F)c1.Cl. The molecule has 1 aromatic carbocycles. The fraction of sp³-hybridized carbons (Fsp3) is 0.533. The molecule has 0 aromatic heterocycles. The number of halogens is 3. The Morgan fingerprint density at radius 2 is 1.95 bits per heavy atom. The normalized spacial score (nSPS) is 20.5. The van der Waals surface area contributed by atoms with Crippen molar-refractivity contribution in [2.75, 3.05) is 13.1 Å². The van der Waals surface area contributed by atoms with Crippen LogP contribution < -0.4 is 10.6 Å². The van der Waals surface area contributed by atoms with E-state index in [9.17, 15) is 13.6 Å². The van der Waals surface area contributed by atoms with Crippen molar-refractivity contribution < 1.29 is 13.6 Å². The monoisotopic (exact) mass is 318 g/mol. The molecule has 1 heterocycles. The minimum atomic E-state index is -0.744. The molecule has 0 aliphatic carbocycles. The summed E-state index contributed by atoms with van der Waals surface area (Å²) in [5, 5.41) is 6.12. The molecule has 0 radical (unpaired) electrons. The van der Waals surface area contributed by atoms with Crippen LogP contribution in [0.2, 0.25) is 0 Å². The van der Waals surface area contributed by atoms with Gasteiger partial charge >= 0.3 is 0 Å². The second-order valence-electron chi connectivity index (χ2n) is 5.97. The van der Waals surface area contributed by atoms with E-state index in [2.05, 4.69) is 24.5 Å². The highest BCUT2D eigenvalue weighted by Gasteiger charge is 2.32. The van der Waals surface area contributed by atoms with Crippen LogP contribution in [0, 0.1) is 17.0 Å². The fourth-order valence-electron chi connectivity index (χ4n) is 2.60. The van der Waals surface area contributed by atoms with Gasteiger partial charge in [-0.3, -0.25) is 4.79 Å². The van der Waals surface area contributed by atoms with E-state index in [1.54, 1.807) is 0 Å². The Morgan fingerprint density at radius 1 is 1.33 bits per heavy atom. The van der Waals surface area contributed by atoms with E-state index in [-0.39, 0.29) is 29.4 Å². The van der Waals surface area contributed by atoms with Crippen LogP contribution in [0.1, 0.15) is 37.0 Å². The van der Waals surface area contributed by atoms with Crippen molar-refractivity contribution in [3.63, 3.8) is 0 Å². The maximum atomic E-state index is 13.1. The molecule has 0 saturated carbocycles. The zero-order valence-electron chi connectivity index (χ0n) is 12.2. The van der Waals surface area contributed by atoms with Gasteiger partial charge in [0.15, 0.2) is 0 Å². The maximum Gasteiger partial charge on any atom is 0.251 e. The summed E-state index contributed by atoms with van der Waals surface area (Å²) < 4.78 is 26.1. The molecule has 1 fully saturated rings. The van der Waals surface area contributed by atoms with Crippen molar-refractivity contribution in [2.24, 2.45) is 5.41 Å². The van der Waals surface area contributed by atoms with Crippen molar-refractivity contribution in [2.45, 2.75) is 32.7 Å². The minimum Gasteiger partial charge on any atom is -0.350 e. The summed E-state index contributed by atoms with van der Waals surface area (Å²) in [5.74, 6) is -1.94. The molecule has 1 aliphatic heterocycles. The number of rotatable bonds is 3. The summed E-state index contributed by atoms with van der Waals surface area (Å²) in [7, 11) is 0. The second kappa shape index (κ2) is 7.18. The highest BCUT2D eigenvalue weighted by molar-refractivity contribution is 5.94. The number of nitrogens with one attached hydrogen (secondary N) is 2. The maximum absolute atomic E-state index is 13.1. The van der Waals surface area contributed by atoms with Crippen molar-refractivity contribution >= 4 is 18.3 Å². The zero-order chi connectivity index (χ0) is 14.8. The Balaban J connectivity index is 0.00000220. The average molecular weight is 319 g/mol. The third-order valence-corrected chi connectivity index (χ3v) is 3.92. The molecule has 1 atom stereocenters. The van der Waals surface area contributed by atoms with Crippen LogP contribution in [-0.2, 0) is 0 Å². The number of carbonyl (C=O) groups is 1. The first kappa shape index (κ1) is 17.9. The molecule has 0 bridgehead atoms. The summed E-state index contributed by atoms with van der Waals surface area (Å²) in [5.41, 5.74) is 0.106. The first-order chi connectivity index (χ1) is 9.38. The summed E-state index contributed by atoms with van der Waals surface area (Å²) in [4.78, 5) is 11.9. The van der Waals surface area contributed by atoms with Gasteiger partial charge in [0, 0.05) is 24.2 Å². The lowest BCUT2D eigenvalue weighted by atomic mass is 9.77. The quantitative estimate of drug-likeness (QED) is 0.899. The van der Waals surface area contributed by atoms with Crippen LogP contribution in [0.3, 0.4) is 0 Å². The predicted octanol–water partition coefficient (Wildman–Crippen LogP) is 2.89. The molecular weight excluding hydrogens is 298 g/mol. The van der Waals surface area contributed by atoms with E-state index in [4.69, 9.17) is 0 Å². The molecule has 21 heavy (non-hydrogen) atoms. The van der Waals surface area contributed by atoms with Gasteiger partial charge in [0.1, 0.15) is 11.6 Å². The molecule has 0 spiro atoms. The van der Waals surface area contributed by atoms with E-state index < -0.39 is 17.5 Å². The van der Waals surface area contributed by atoms with Crippen LogP contribution in [-0.4, -0.2) is 25.0 Å². The highest BCUT2D eigenvalue weighted by atomic mass is 35.5. The van der Waals surface area contributed by atoms with E-state index in [0.717, 1.165) is 37.6 Å². The second-order valence-corrected chi connectivity index (χ2v) is 5.97. The Morgan fingerprint density at radius 3 is 2.52 bits per heavy atom. The summed E-state index contributed by atoms with van der Waals surface area (Å²) >= 11 is 0. The molecule has 1 aromatic rings. The molecule has 2 rings (SSSR count). The van der Waals surface area contributed by atoms with Crippen molar-refractivity contribution in [3.8, 4) is 0 Å². The molecule has 6 heteroatoms. The third kappa shape index (κ3) is 4.64. The van der Waals surface area contributed by atoms with Crippen molar-refractivity contribution in [1.29, 1.82) is 0 Å². The predicted molar refractivity (Wildman–Crippen MR) is 80.7 cm³/mol. The van der Waals surface area contributed by atoms with Gasteiger partial charge in [-0.05, 0) is 36.9 Å². The molecular formula is C15H21ClF2N2O. The Hall–Kier alpha value is -1.20. The van der Waals surface area contributed by atoms with Gasteiger partial charge in [-0.1, -0.05) is 13.8 Å². The number of piperidine rings is 1. The number of carbonyl (C=O) groups excluding carboxylic acids is 1. The minimum absolute atomic E-state index is 0. The molecule has 1 unspecified atom stereocenters.